The lowest BCUT2D eigenvalue weighted by atomic mass is 10.2. The van der Waals surface area contributed by atoms with E-state index in [4.69, 9.17) is 0 Å². The number of amides is 2. The largest absolute Gasteiger partial charge is 0.343 e. The second-order valence-electron chi connectivity index (χ2n) is 6.64. The Bertz CT molecular complexity index is 1030. The van der Waals surface area contributed by atoms with Crippen LogP contribution >= 0.6 is 15.9 Å². The number of benzene rings is 2. The summed E-state index contributed by atoms with van der Waals surface area (Å²) < 4.78 is 0.804. The standard InChI is InChI=1S/C20H18BrN5O2/c21-15-5-1-4-14(9-15)20(28)22-11-17(27)23-16-6-2-3-13(10-16)19-24-18(25-26-19)12-7-8-12/h1-6,9-10,12H,7-8,11H2,(H,22,28)(H,23,27)(H,24,25,26). The van der Waals surface area contributed by atoms with Gasteiger partial charge in [-0.2, -0.15) is 5.10 Å². The maximum absolute atomic E-state index is 12.2. The van der Waals surface area contributed by atoms with Gasteiger partial charge < -0.3 is 10.6 Å². The first-order valence-electron chi connectivity index (χ1n) is 8.95. The quantitative estimate of drug-likeness (QED) is 0.547. The van der Waals surface area contributed by atoms with Crippen molar-refractivity contribution in [1.29, 1.82) is 0 Å². The van der Waals surface area contributed by atoms with Gasteiger partial charge in [-0.3, -0.25) is 14.7 Å². The van der Waals surface area contributed by atoms with Crippen LogP contribution in [0.3, 0.4) is 0 Å². The van der Waals surface area contributed by atoms with E-state index in [0.29, 0.717) is 23.0 Å². The maximum atomic E-state index is 12.2. The molecule has 0 unspecified atom stereocenters. The summed E-state index contributed by atoms with van der Waals surface area (Å²) >= 11 is 3.32. The Balaban J connectivity index is 1.35. The molecule has 2 aromatic carbocycles. The first-order valence-corrected chi connectivity index (χ1v) is 9.74. The van der Waals surface area contributed by atoms with E-state index >= 15 is 0 Å². The lowest BCUT2D eigenvalue weighted by Crippen LogP contribution is -2.32. The smallest absolute Gasteiger partial charge is 0.251 e. The molecule has 0 saturated heterocycles. The van der Waals surface area contributed by atoms with Crippen LogP contribution in [-0.4, -0.2) is 33.5 Å². The normalized spacial score (nSPS) is 13.2. The molecule has 3 N–H and O–H groups in total. The highest BCUT2D eigenvalue weighted by Gasteiger charge is 2.27. The number of carbonyl (C=O) groups is 2. The van der Waals surface area contributed by atoms with E-state index in [0.717, 1.165) is 28.7 Å². The van der Waals surface area contributed by atoms with Gasteiger partial charge in [0.15, 0.2) is 5.82 Å². The molecular weight excluding hydrogens is 422 g/mol. The van der Waals surface area contributed by atoms with Crippen molar-refractivity contribution in [2.75, 3.05) is 11.9 Å². The molecule has 1 heterocycles. The van der Waals surface area contributed by atoms with Gasteiger partial charge in [0, 0.05) is 27.2 Å². The first-order chi connectivity index (χ1) is 13.6. The molecule has 0 radical (unpaired) electrons. The van der Waals surface area contributed by atoms with E-state index in [-0.39, 0.29) is 18.4 Å². The molecule has 8 heteroatoms. The number of halogens is 1. The molecule has 0 bridgehead atoms. The van der Waals surface area contributed by atoms with Crippen LogP contribution in [0.5, 0.6) is 0 Å². The fourth-order valence-corrected chi connectivity index (χ4v) is 3.18. The summed E-state index contributed by atoms with van der Waals surface area (Å²) in [4.78, 5) is 28.8. The minimum Gasteiger partial charge on any atom is -0.343 e. The van der Waals surface area contributed by atoms with Gasteiger partial charge in [0.2, 0.25) is 5.91 Å². The molecule has 0 atom stereocenters. The van der Waals surface area contributed by atoms with E-state index in [9.17, 15) is 9.59 Å². The van der Waals surface area contributed by atoms with Crippen LogP contribution in [0.25, 0.3) is 11.4 Å². The molecule has 0 spiro atoms. The predicted octanol–water partition coefficient (Wildman–Crippen LogP) is 3.48. The fourth-order valence-electron chi connectivity index (χ4n) is 2.78. The minimum atomic E-state index is -0.311. The van der Waals surface area contributed by atoms with E-state index in [1.54, 1.807) is 24.3 Å². The number of nitrogens with zero attached hydrogens (tertiary/aromatic N) is 2. The summed E-state index contributed by atoms with van der Waals surface area (Å²) in [6.07, 6.45) is 2.30. The molecule has 1 aliphatic rings. The van der Waals surface area contributed by atoms with Crippen molar-refractivity contribution in [1.82, 2.24) is 20.5 Å². The highest BCUT2D eigenvalue weighted by atomic mass is 79.9. The fraction of sp³-hybridized carbons (Fsp3) is 0.200. The van der Waals surface area contributed by atoms with Crippen molar-refractivity contribution in [2.24, 2.45) is 0 Å². The van der Waals surface area contributed by atoms with Crippen LogP contribution in [-0.2, 0) is 4.79 Å². The van der Waals surface area contributed by atoms with E-state index < -0.39 is 0 Å². The average Bonchev–Trinajstić information content (AvgIpc) is 3.43. The summed E-state index contributed by atoms with van der Waals surface area (Å²) in [6.45, 7) is -0.123. The highest BCUT2D eigenvalue weighted by molar-refractivity contribution is 9.10. The summed E-state index contributed by atoms with van der Waals surface area (Å²) in [6, 6.07) is 14.3. The average molecular weight is 440 g/mol. The van der Waals surface area contributed by atoms with E-state index in [1.165, 1.54) is 0 Å². The van der Waals surface area contributed by atoms with Crippen LogP contribution in [0.15, 0.2) is 53.0 Å². The van der Waals surface area contributed by atoms with Gasteiger partial charge in [-0.25, -0.2) is 4.98 Å². The van der Waals surface area contributed by atoms with Crippen molar-refractivity contribution >= 4 is 33.4 Å². The predicted molar refractivity (Wildman–Crippen MR) is 109 cm³/mol. The van der Waals surface area contributed by atoms with Crippen LogP contribution in [0.1, 0.15) is 34.9 Å². The number of H-pyrrole nitrogens is 1. The second kappa shape index (κ2) is 7.93. The summed E-state index contributed by atoms with van der Waals surface area (Å²) in [5, 5.41) is 12.6. The molecule has 2 amide bonds. The van der Waals surface area contributed by atoms with Crippen LogP contribution < -0.4 is 10.6 Å². The molecule has 3 aromatic rings. The Labute approximate surface area is 170 Å². The molecule has 28 heavy (non-hydrogen) atoms. The molecule has 1 saturated carbocycles. The Morgan fingerprint density at radius 3 is 2.75 bits per heavy atom. The molecule has 1 aromatic heterocycles. The number of aromatic amines is 1. The van der Waals surface area contributed by atoms with Crippen LogP contribution in [0.4, 0.5) is 5.69 Å². The number of nitrogens with one attached hydrogen (secondary N) is 3. The van der Waals surface area contributed by atoms with Gasteiger partial charge in [0.05, 0.1) is 6.54 Å². The van der Waals surface area contributed by atoms with Gasteiger partial charge >= 0.3 is 0 Å². The molecule has 1 aliphatic carbocycles. The Hall–Kier alpha value is -3.00. The third-order valence-electron chi connectivity index (χ3n) is 4.37. The van der Waals surface area contributed by atoms with Gasteiger partial charge in [-0.05, 0) is 43.2 Å². The maximum Gasteiger partial charge on any atom is 0.251 e. The van der Waals surface area contributed by atoms with Crippen molar-refractivity contribution in [3.8, 4) is 11.4 Å². The minimum absolute atomic E-state index is 0.123. The zero-order valence-corrected chi connectivity index (χ0v) is 16.5. The summed E-state index contributed by atoms with van der Waals surface area (Å²) in [5.74, 6) is 1.41. The molecule has 4 rings (SSSR count). The second-order valence-corrected chi connectivity index (χ2v) is 7.56. The number of hydrogen-bond donors (Lipinski definition) is 3. The van der Waals surface area contributed by atoms with Gasteiger partial charge in [0.25, 0.3) is 5.91 Å². The van der Waals surface area contributed by atoms with Gasteiger partial charge in [-0.15, -0.1) is 0 Å². The molecule has 0 aliphatic heterocycles. The van der Waals surface area contributed by atoms with E-state index in [1.807, 2.05) is 24.3 Å². The monoisotopic (exact) mass is 439 g/mol. The first kappa shape index (κ1) is 18.4. The molecular formula is C20H18BrN5O2. The van der Waals surface area contributed by atoms with Gasteiger partial charge in [0.1, 0.15) is 5.82 Å². The summed E-state index contributed by atoms with van der Waals surface area (Å²) in [5.41, 5.74) is 1.93. The third-order valence-corrected chi connectivity index (χ3v) is 4.86. The zero-order valence-electron chi connectivity index (χ0n) is 14.9. The van der Waals surface area contributed by atoms with Crippen molar-refractivity contribution in [3.05, 3.63) is 64.4 Å². The lowest BCUT2D eigenvalue weighted by Gasteiger charge is -2.08. The lowest BCUT2D eigenvalue weighted by molar-refractivity contribution is -0.115. The number of anilines is 1. The van der Waals surface area contributed by atoms with Crippen molar-refractivity contribution < 1.29 is 9.59 Å². The molecule has 7 nitrogen and oxygen atoms in total. The third kappa shape index (κ3) is 4.45. The SMILES string of the molecule is O=C(CNC(=O)c1cccc(Br)c1)Nc1cccc(-c2n[nH]c(C3CC3)n2)c1. The van der Waals surface area contributed by atoms with E-state index in [2.05, 4.69) is 41.7 Å². The van der Waals surface area contributed by atoms with Crippen LogP contribution in [0.2, 0.25) is 0 Å². The van der Waals surface area contributed by atoms with Crippen molar-refractivity contribution in [3.63, 3.8) is 0 Å². The summed E-state index contributed by atoms with van der Waals surface area (Å²) in [7, 11) is 0. The zero-order chi connectivity index (χ0) is 19.5. The van der Waals surface area contributed by atoms with Crippen molar-refractivity contribution in [2.45, 2.75) is 18.8 Å². The number of carbonyl (C=O) groups excluding carboxylic acids is 2. The number of aromatic nitrogens is 3. The molecule has 1 fully saturated rings. The Morgan fingerprint density at radius 2 is 1.96 bits per heavy atom. The number of rotatable bonds is 6. The molecule has 142 valence electrons. The topological polar surface area (TPSA) is 99.8 Å². The Kier molecular flexibility index (Phi) is 5.21. The number of hydrogen-bond acceptors (Lipinski definition) is 4. The van der Waals surface area contributed by atoms with Gasteiger partial charge in [-0.1, -0.05) is 34.1 Å². The Morgan fingerprint density at radius 1 is 1.14 bits per heavy atom. The van der Waals surface area contributed by atoms with Crippen LogP contribution in [0, 0.1) is 0 Å². The highest BCUT2D eigenvalue weighted by Crippen LogP contribution is 2.38.